The van der Waals surface area contributed by atoms with Gasteiger partial charge in [0.15, 0.2) is 16.8 Å². The van der Waals surface area contributed by atoms with Gasteiger partial charge in [0, 0.05) is 13.2 Å². The molecule has 2 unspecified atom stereocenters. The lowest BCUT2D eigenvalue weighted by Gasteiger charge is -2.30. The molecule has 1 aromatic rings. The minimum atomic E-state index is 0.285. The van der Waals surface area contributed by atoms with Crippen molar-refractivity contribution in [1.82, 2.24) is 9.97 Å². The Balaban J connectivity index is 2.18. The maximum Gasteiger partial charge on any atom is 0.158 e. The fourth-order valence-corrected chi connectivity index (χ4v) is 2.68. The number of nitrogens with one attached hydrogen (secondary N) is 1. The summed E-state index contributed by atoms with van der Waals surface area (Å²) in [5, 5.41) is 3.71. The molecular weight excluding hydrogens is 264 g/mol. The number of aromatic nitrogens is 2. The van der Waals surface area contributed by atoms with Crippen molar-refractivity contribution in [3.05, 3.63) is 11.0 Å². The molecular formula is C13H21ClN4O. The molecule has 2 atom stereocenters. The zero-order chi connectivity index (χ0) is 13.8. The highest BCUT2D eigenvalue weighted by molar-refractivity contribution is 6.32. The molecule has 0 bridgehead atoms. The first-order valence-electron chi connectivity index (χ1n) is 6.69. The summed E-state index contributed by atoms with van der Waals surface area (Å²) in [6, 6.07) is 0.400. The number of rotatable bonds is 4. The summed E-state index contributed by atoms with van der Waals surface area (Å²) in [5.41, 5.74) is 6.37. The fraction of sp³-hybridized carbons (Fsp3) is 0.692. The molecule has 1 saturated carbocycles. The van der Waals surface area contributed by atoms with Gasteiger partial charge < -0.3 is 15.8 Å². The first kappa shape index (κ1) is 14.3. The Bertz CT molecular complexity index is 441. The quantitative estimate of drug-likeness (QED) is 0.832. The predicted molar refractivity (Wildman–Crippen MR) is 77.2 cm³/mol. The maximum absolute atomic E-state index is 6.04. The van der Waals surface area contributed by atoms with Crippen molar-refractivity contribution in [3.63, 3.8) is 0 Å². The maximum atomic E-state index is 6.04. The van der Waals surface area contributed by atoms with Gasteiger partial charge in [0.05, 0.1) is 0 Å². The van der Waals surface area contributed by atoms with E-state index in [1.807, 2.05) is 0 Å². The van der Waals surface area contributed by atoms with Crippen LogP contribution in [-0.2, 0) is 11.3 Å². The third-order valence-electron chi connectivity index (χ3n) is 3.65. The number of nitrogens with two attached hydrogens (primary N) is 1. The molecule has 1 aliphatic rings. The second kappa shape index (κ2) is 6.39. The van der Waals surface area contributed by atoms with Crippen LogP contribution in [0.25, 0.3) is 0 Å². The number of nitrogens with zero attached hydrogens (tertiary/aromatic N) is 2. The van der Waals surface area contributed by atoms with Crippen LogP contribution in [0.15, 0.2) is 0 Å². The van der Waals surface area contributed by atoms with E-state index in [4.69, 9.17) is 22.1 Å². The van der Waals surface area contributed by atoms with Crippen LogP contribution in [0.3, 0.4) is 0 Å². The van der Waals surface area contributed by atoms with Crippen LogP contribution in [0.4, 0.5) is 11.5 Å². The lowest BCUT2D eigenvalue weighted by atomic mass is 9.86. The van der Waals surface area contributed by atoms with E-state index in [2.05, 4.69) is 22.2 Å². The Morgan fingerprint density at radius 3 is 2.79 bits per heavy atom. The minimum Gasteiger partial charge on any atom is -0.393 e. The van der Waals surface area contributed by atoms with Gasteiger partial charge >= 0.3 is 0 Å². The summed E-state index contributed by atoms with van der Waals surface area (Å²) in [6.07, 6.45) is 4.92. The minimum absolute atomic E-state index is 0.285. The summed E-state index contributed by atoms with van der Waals surface area (Å²) < 4.78 is 5.04. The van der Waals surface area contributed by atoms with Gasteiger partial charge in [0.2, 0.25) is 0 Å². The van der Waals surface area contributed by atoms with Gasteiger partial charge in [-0.3, -0.25) is 0 Å². The first-order chi connectivity index (χ1) is 9.11. The molecule has 0 spiro atoms. The van der Waals surface area contributed by atoms with Crippen molar-refractivity contribution in [2.24, 2.45) is 5.92 Å². The molecule has 106 valence electrons. The van der Waals surface area contributed by atoms with Gasteiger partial charge in [-0.2, -0.15) is 0 Å². The predicted octanol–water partition coefficient (Wildman–Crippen LogP) is 2.85. The molecule has 1 fully saturated rings. The smallest absolute Gasteiger partial charge is 0.158 e. The van der Waals surface area contributed by atoms with E-state index in [9.17, 15) is 0 Å². The molecule has 1 heterocycles. The van der Waals surface area contributed by atoms with Crippen molar-refractivity contribution < 1.29 is 4.74 Å². The van der Waals surface area contributed by atoms with Crippen LogP contribution >= 0.6 is 11.6 Å². The van der Waals surface area contributed by atoms with Crippen LogP contribution in [0.5, 0.6) is 0 Å². The molecule has 2 rings (SSSR count). The lowest BCUT2D eigenvalue weighted by Crippen LogP contribution is -2.31. The highest BCUT2D eigenvalue weighted by Gasteiger charge is 2.23. The number of hydrogen-bond donors (Lipinski definition) is 2. The number of nitrogen functional groups attached to an aromatic ring is 1. The molecule has 0 aliphatic heterocycles. The van der Waals surface area contributed by atoms with Crippen molar-refractivity contribution in [3.8, 4) is 0 Å². The molecule has 5 nitrogen and oxygen atoms in total. The van der Waals surface area contributed by atoms with E-state index in [-0.39, 0.29) is 5.15 Å². The largest absolute Gasteiger partial charge is 0.393 e. The fourth-order valence-electron chi connectivity index (χ4n) is 2.50. The zero-order valence-corrected chi connectivity index (χ0v) is 12.2. The molecule has 6 heteroatoms. The van der Waals surface area contributed by atoms with E-state index < -0.39 is 0 Å². The number of halogens is 1. The van der Waals surface area contributed by atoms with Gasteiger partial charge in [0.25, 0.3) is 0 Å². The lowest BCUT2D eigenvalue weighted by molar-refractivity contribution is 0.178. The summed E-state index contributed by atoms with van der Waals surface area (Å²) in [4.78, 5) is 8.49. The Morgan fingerprint density at radius 1 is 1.37 bits per heavy atom. The molecule has 0 saturated heterocycles. The Labute approximate surface area is 118 Å². The second-order valence-electron chi connectivity index (χ2n) is 5.14. The van der Waals surface area contributed by atoms with Crippen molar-refractivity contribution in [2.45, 2.75) is 45.3 Å². The van der Waals surface area contributed by atoms with E-state index in [0.29, 0.717) is 35.9 Å². The summed E-state index contributed by atoms with van der Waals surface area (Å²) in [5.74, 6) is 1.80. The molecule has 19 heavy (non-hydrogen) atoms. The molecule has 0 aromatic carbocycles. The number of hydrogen-bond acceptors (Lipinski definition) is 5. The average Bonchev–Trinajstić information content (AvgIpc) is 2.38. The van der Waals surface area contributed by atoms with Gasteiger partial charge in [-0.1, -0.05) is 31.4 Å². The third-order valence-corrected chi connectivity index (χ3v) is 3.94. The highest BCUT2D eigenvalue weighted by Crippen LogP contribution is 2.30. The normalized spacial score (nSPS) is 23.3. The molecule has 1 aliphatic carbocycles. The van der Waals surface area contributed by atoms with Crippen LogP contribution in [0.2, 0.25) is 5.15 Å². The van der Waals surface area contributed by atoms with E-state index in [0.717, 1.165) is 6.42 Å². The first-order valence-corrected chi connectivity index (χ1v) is 7.07. The van der Waals surface area contributed by atoms with Crippen molar-refractivity contribution in [1.29, 1.82) is 0 Å². The standard InChI is InChI=1S/C13H21ClN4O/c1-8-5-3-4-6-9(8)16-13-11(15)12(14)17-10(18-13)7-19-2/h8-9H,3-7,15H2,1-2H3,(H,16,17,18). The summed E-state index contributed by atoms with van der Waals surface area (Å²) in [6.45, 7) is 2.58. The Hall–Kier alpha value is -1.07. The second-order valence-corrected chi connectivity index (χ2v) is 5.50. The van der Waals surface area contributed by atoms with Crippen LogP contribution in [-0.4, -0.2) is 23.1 Å². The van der Waals surface area contributed by atoms with Gasteiger partial charge in [0.1, 0.15) is 12.3 Å². The SMILES string of the molecule is COCc1nc(Cl)c(N)c(NC2CCCCC2C)n1. The molecule has 1 aromatic heterocycles. The van der Waals surface area contributed by atoms with Crippen molar-refractivity contribution in [2.75, 3.05) is 18.2 Å². The summed E-state index contributed by atoms with van der Waals surface area (Å²) in [7, 11) is 1.60. The average molecular weight is 285 g/mol. The Kier molecular flexibility index (Phi) is 4.82. The number of anilines is 2. The molecule has 3 N–H and O–H groups in total. The van der Waals surface area contributed by atoms with Crippen LogP contribution in [0, 0.1) is 5.92 Å². The van der Waals surface area contributed by atoms with Crippen molar-refractivity contribution >= 4 is 23.1 Å². The molecule has 0 radical (unpaired) electrons. The summed E-state index contributed by atoms with van der Waals surface area (Å²) >= 11 is 6.04. The third kappa shape index (κ3) is 3.48. The van der Waals surface area contributed by atoms with Crippen LogP contribution < -0.4 is 11.1 Å². The Morgan fingerprint density at radius 2 is 2.11 bits per heavy atom. The van der Waals surface area contributed by atoms with Gasteiger partial charge in [-0.05, 0) is 18.8 Å². The number of ether oxygens (including phenoxy) is 1. The monoisotopic (exact) mass is 284 g/mol. The topological polar surface area (TPSA) is 73.1 Å². The zero-order valence-electron chi connectivity index (χ0n) is 11.4. The van der Waals surface area contributed by atoms with E-state index >= 15 is 0 Å². The van der Waals surface area contributed by atoms with Gasteiger partial charge in [-0.15, -0.1) is 0 Å². The highest BCUT2D eigenvalue weighted by atomic mass is 35.5. The van der Waals surface area contributed by atoms with Gasteiger partial charge in [-0.25, -0.2) is 9.97 Å². The van der Waals surface area contributed by atoms with E-state index in [1.54, 1.807) is 7.11 Å². The number of methoxy groups -OCH3 is 1. The van der Waals surface area contributed by atoms with E-state index in [1.165, 1.54) is 19.3 Å². The molecule has 0 amide bonds. The van der Waals surface area contributed by atoms with Crippen LogP contribution in [0.1, 0.15) is 38.4 Å².